The third-order valence-electron chi connectivity index (χ3n) is 7.92. The van der Waals surface area contributed by atoms with E-state index < -0.39 is 7.26 Å². The molecule has 0 aromatic carbocycles. The summed E-state index contributed by atoms with van der Waals surface area (Å²) in [4.78, 5) is 0. The predicted molar refractivity (Wildman–Crippen MR) is 108 cm³/mol. The fourth-order valence-corrected chi connectivity index (χ4v) is 14.2. The van der Waals surface area contributed by atoms with E-state index in [0.717, 1.165) is 30.2 Å². The maximum absolute atomic E-state index is 6.09. The SMILES string of the molecule is C1CCC([P+](CC2OCCO2)(C2CCCCC2)C2CCCCC2)CC1.[Br-]. The summed E-state index contributed by atoms with van der Waals surface area (Å²) in [5.74, 6) is 0. The van der Waals surface area contributed by atoms with Gasteiger partial charge in [-0.15, -0.1) is 0 Å². The molecule has 4 fully saturated rings. The van der Waals surface area contributed by atoms with E-state index in [0.29, 0.717) is 0 Å². The molecule has 1 aliphatic heterocycles. The molecule has 3 aliphatic carbocycles. The summed E-state index contributed by atoms with van der Waals surface area (Å²) in [6.07, 6.45) is 24.1. The molecule has 0 bridgehead atoms. The summed E-state index contributed by atoms with van der Waals surface area (Å²) in [6, 6.07) is 0. The molecule has 1 saturated heterocycles. The van der Waals surface area contributed by atoms with Gasteiger partial charge in [-0.25, -0.2) is 0 Å². The standard InChI is InChI=1S/C22H40O2P.BrH/c1-4-10-19(11-5-1)25(18-22-23-16-17-24-22,20-12-6-2-7-13-20)21-14-8-3-9-15-21;/h19-22H,1-18H2;1H/q+1;/p-1. The van der Waals surface area contributed by atoms with Gasteiger partial charge in [0.05, 0.1) is 30.2 Å². The molecule has 152 valence electrons. The van der Waals surface area contributed by atoms with Gasteiger partial charge in [0.15, 0.2) is 6.29 Å². The van der Waals surface area contributed by atoms with Gasteiger partial charge >= 0.3 is 0 Å². The van der Waals surface area contributed by atoms with E-state index >= 15 is 0 Å². The summed E-state index contributed by atoms with van der Waals surface area (Å²) in [5, 5.41) is 0. The Hall–Kier alpha value is 0.830. The van der Waals surface area contributed by atoms with Crippen molar-refractivity contribution in [2.45, 2.75) is 120 Å². The first kappa shape index (κ1) is 21.5. The second kappa shape index (κ2) is 10.6. The van der Waals surface area contributed by atoms with Gasteiger partial charge in [-0.1, -0.05) is 19.3 Å². The van der Waals surface area contributed by atoms with Gasteiger partial charge in [0.1, 0.15) is 6.16 Å². The molecule has 3 saturated carbocycles. The van der Waals surface area contributed by atoms with Crippen LogP contribution in [0.4, 0.5) is 0 Å². The van der Waals surface area contributed by atoms with Gasteiger partial charge in [-0.2, -0.15) is 0 Å². The van der Waals surface area contributed by atoms with E-state index in [9.17, 15) is 0 Å². The van der Waals surface area contributed by atoms with Gasteiger partial charge in [0.25, 0.3) is 0 Å². The Morgan fingerprint density at radius 2 is 0.885 bits per heavy atom. The van der Waals surface area contributed by atoms with Crippen LogP contribution in [0.25, 0.3) is 0 Å². The van der Waals surface area contributed by atoms with Gasteiger partial charge < -0.3 is 26.5 Å². The second-order valence-electron chi connectivity index (χ2n) is 9.22. The first-order valence-electron chi connectivity index (χ1n) is 11.5. The second-order valence-corrected chi connectivity index (χ2v) is 13.8. The zero-order valence-electron chi connectivity index (χ0n) is 16.7. The lowest BCUT2D eigenvalue weighted by Gasteiger charge is -2.49. The molecule has 4 aliphatic rings. The maximum Gasteiger partial charge on any atom is 0.191 e. The average molecular weight is 447 g/mol. The largest absolute Gasteiger partial charge is 1.00 e. The molecule has 0 aromatic rings. The number of ether oxygens (including phenoxy) is 2. The van der Waals surface area contributed by atoms with Gasteiger partial charge in [0, 0.05) is 7.26 Å². The van der Waals surface area contributed by atoms with Crippen molar-refractivity contribution in [2.75, 3.05) is 19.4 Å². The Morgan fingerprint density at radius 1 is 0.538 bits per heavy atom. The molecule has 4 rings (SSSR count). The fourth-order valence-electron chi connectivity index (χ4n) is 6.80. The quantitative estimate of drug-likeness (QED) is 0.602. The summed E-state index contributed by atoms with van der Waals surface area (Å²) in [5.41, 5.74) is 3.17. The van der Waals surface area contributed by atoms with Crippen molar-refractivity contribution in [1.82, 2.24) is 0 Å². The van der Waals surface area contributed by atoms with Crippen LogP contribution in [0.5, 0.6) is 0 Å². The minimum atomic E-state index is -1.02. The minimum Gasteiger partial charge on any atom is -1.00 e. The molecule has 0 N–H and O–H groups in total. The van der Waals surface area contributed by atoms with E-state index in [1.54, 1.807) is 0 Å². The molecule has 1 heterocycles. The van der Waals surface area contributed by atoms with Crippen molar-refractivity contribution >= 4 is 7.26 Å². The van der Waals surface area contributed by atoms with Crippen molar-refractivity contribution in [2.24, 2.45) is 0 Å². The molecule has 26 heavy (non-hydrogen) atoms. The van der Waals surface area contributed by atoms with Gasteiger partial charge in [0.2, 0.25) is 0 Å². The van der Waals surface area contributed by atoms with Gasteiger partial charge in [-0.05, 0) is 77.0 Å². The van der Waals surface area contributed by atoms with Crippen LogP contribution in [0.2, 0.25) is 0 Å². The molecule has 0 spiro atoms. The number of hydrogen-bond acceptors (Lipinski definition) is 2. The molecule has 0 radical (unpaired) electrons. The lowest BCUT2D eigenvalue weighted by molar-refractivity contribution is -0.0233. The highest BCUT2D eigenvalue weighted by Gasteiger charge is 2.58. The van der Waals surface area contributed by atoms with Crippen LogP contribution >= 0.6 is 7.26 Å². The summed E-state index contributed by atoms with van der Waals surface area (Å²) in [7, 11) is -1.02. The first-order valence-corrected chi connectivity index (χ1v) is 13.7. The number of rotatable bonds is 5. The van der Waals surface area contributed by atoms with Crippen molar-refractivity contribution in [3.63, 3.8) is 0 Å². The Bertz CT molecular complexity index is 349. The molecule has 0 atom stereocenters. The van der Waals surface area contributed by atoms with E-state index in [-0.39, 0.29) is 23.3 Å². The third kappa shape index (κ3) is 4.69. The third-order valence-corrected chi connectivity index (χ3v) is 14.5. The Kier molecular flexibility index (Phi) is 8.75. The van der Waals surface area contributed by atoms with Crippen LogP contribution in [0, 0.1) is 0 Å². The smallest absolute Gasteiger partial charge is 0.191 e. The molecule has 0 aromatic heterocycles. The highest BCUT2D eigenvalue weighted by atomic mass is 79.9. The van der Waals surface area contributed by atoms with E-state index in [1.807, 2.05) is 0 Å². The first-order chi connectivity index (χ1) is 12.4. The van der Waals surface area contributed by atoms with Crippen LogP contribution in [0.1, 0.15) is 96.3 Å². The summed E-state index contributed by atoms with van der Waals surface area (Å²) >= 11 is 0. The van der Waals surface area contributed by atoms with Crippen molar-refractivity contribution < 1.29 is 26.5 Å². The fraction of sp³-hybridized carbons (Fsp3) is 1.00. The zero-order valence-corrected chi connectivity index (χ0v) is 19.2. The van der Waals surface area contributed by atoms with Crippen molar-refractivity contribution in [3.8, 4) is 0 Å². The predicted octanol–water partition coefficient (Wildman–Crippen LogP) is 3.38. The van der Waals surface area contributed by atoms with Crippen LogP contribution in [0.3, 0.4) is 0 Å². The maximum atomic E-state index is 6.09. The van der Waals surface area contributed by atoms with Crippen LogP contribution in [-0.2, 0) is 9.47 Å². The normalized spacial score (nSPS) is 28.2. The van der Waals surface area contributed by atoms with Gasteiger partial charge in [-0.3, -0.25) is 0 Å². The Balaban J connectivity index is 0.00000196. The lowest BCUT2D eigenvalue weighted by atomic mass is 9.99. The number of hydrogen-bond donors (Lipinski definition) is 0. The van der Waals surface area contributed by atoms with Crippen LogP contribution in [-0.4, -0.2) is 42.6 Å². The average Bonchev–Trinajstić information content (AvgIpc) is 3.21. The molecular formula is C22H40BrO2P. The molecule has 2 nitrogen and oxygen atoms in total. The Morgan fingerprint density at radius 3 is 1.23 bits per heavy atom. The van der Waals surface area contributed by atoms with E-state index in [1.165, 1.54) is 102 Å². The van der Waals surface area contributed by atoms with Crippen molar-refractivity contribution in [1.29, 1.82) is 0 Å². The van der Waals surface area contributed by atoms with Crippen LogP contribution < -0.4 is 17.0 Å². The Labute approximate surface area is 172 Å². The molecule has 0 amide bonds. The summed E-state index contributed by atoms with van der Waals surface area (Å²) < 4.78 is 12.2. The van der Waals surface area contributed by atoms with Crippen molar-refractivity contribution in [3.05, 3.63) is 0 Å². The minimum absolute atomic E-state index is 0. The lowest BCUT2D eigenvalue weighted by Crippen LogP contribution is -3.00. The molecule has 4 heteroatoms. The van der Waals surface area contributed by atoms with E-state index in [4.69, 9.17) is 9.47 Å². The highest BCUT2D eigenvalue weighted by Crippen LogP contribution is 2.77. The zero-order chi connectivity index (χ0) is 17.0. The number of halogens is 1. The van der Waals surface area contributed by atoms with E-state index in [2.05, 4.69) is 0 Å². The molecule has 0 unspecified atom stereocenters. The monoisotopic (exact) mass is 446 g/mol. The molecular weight excluding hydrogens is 407 g/mol. The topological polar surface area (TPSA) is 18.5 Å². The van der Waals surface area contributed by atoms with Crippen LogP contribution in [0.15, 0.2) is 0 Å². The summed E-state index contributed by atoms with van der Waals surface area (Å²) in [6.45, 7) is 1.68. The highest BCUT2D eigenvalue weighted by molar-refractivity contribution is 7.78.